The van der Waals surface area contributed by atoms with E-state index in [1.165, 1.54) is 16.3 Å². The first-order chi connectivity index (χ1) is 17.2. The van der Waals surface area contributed by atoms with Gasteiger partial charge in [-0.1, -0.05) is 135 Å². The fourth-order valence-corrected chi connectivity index (χ4v) is 3.69. The van der Waals surface area contributed by atoms with Gasteiger partial charge in [0, 0.05) is 5.57 Å². The minimum Gasteiger partial charge on any atom is -0.264 e. The zero-order chi connectivity index (χ0) is 24.9. The van der Waals surface area contributed by atoms with Crippen LogP contribution in [0.5, 0.6) is 0 Å². The molecule has 0 atom stereocenters. The standard InChI is InChI=1S/C34H31N/c1-5-7-9-10-12-19-29(18-11-8-6-2)34(35-4)25-27(3)30-21-15-22-31(26-30)33-24-16-20-28-17-13-14-23-32(28)33/h5-26H,1,3-4H2,2H3/b8-6+,9-7-,12-10-,18-11+,29-19+,34-25-. The molecule has 0 aliphatic carbocycles. The lowest BCUT2D eigenvalue weighted by Gasteiger charge is -2.10. The van der Waals surface area contributed by atoms with E-state index >= 15 is 0 Å². The summed E-state index contributed by atoms with van der Waals surface area (Å²) in [4.78, 5) is 4.31. The summed E-state index contributed by atoms with van der Waals surface area (Å²) in [5.74, 6) is 0. The maximum Gasteiger partial charge on any atom is 0.0700 e. The minimum atomic E-state index is 0.753. The molecule has 0 aliphatic rings. The van der Waals surface area contributed by atoms with Crippen molar-refractivity contribution in [3.63, 3.8) is 0 Å². The molecule has 0 fully saturated rings. The third kappa shape index (κ3) is 6.99. The molecule has 3 aromatic carbocycles. The maximum atomic E-state index is 4.34. The number of hydrogen-bond donors (Lipinski definition) is 0. The average Bonchev–Trinajstić information content (AvgIpc) is 2.90. The Balaban J connectivity index is 1.97. The molecule has 0 N–H and O–H groups in total. The Morgan fingerprint density at radius 2 is 1.60 bits per heavy atom. The van der Waals surface area contributed by atoms with Crippen LogP contribution >= 0.6 is 0 Å². The molecule has 0 heterocycles. The van der Waals surface area contributed by atoms with E-state index in [4.69, 9.17) is 0 Å². The average molecular weight is 454 g/mol. The lowest BCUT2D eigenvalue weighted by atomic mass is 9.95. The summed E-state index contributed by atoms with van der Waals surface area (Å²) in [6.07, 6.45) is 21.4. The Labute approximate surface area is 209 Å². The Bertz CT molecular complexity index is 1380. The predicted molar refractivity (Wildman–Crippen MR) is 157 cm³/mol. The van der Waals surface area contributed by atoms with E-state index in [0.29, 0.717) is 0 Å². The number of nitrogens with zero attached hydrogens (tertiary/aromatic N) is 1. The monoisotopic (exact) mass is 453 g/mol. The highest BCUT2D eigenvalue weighted by Gasteiger charge is 2.07. The summed E-state index contributed by atoms with van der Waals surface area (Å²) < 4.78 is 0. The van der Waals surface area contributed by atoms with Gasteiger partial charge in [0.05, 0.1) is 5.70 Å². The first-order valence-corrected chi connectivity index (χ1v) is 11.6. The van der Waals surface area contributed by atoms with Crippen LogP contribution in [0.15, 0.2) is 163 Å². The van der Waals surface area contributed by atoms with Crippen LogP contribution in [0.25, 0.3) is 27.5 Å². The highest BCUT2D eigenvalue weighted by molar-refractivity contribution is 5.97. The lowest BCUT2D eigenvalue weighted by molar-refractivity contribution is 1.36. The molecule has 0 saturated heterocycles. The second-order valence-electron chi connectivity index (χ2n) is 7.83. The Kier molecular flexibility index (Phi) is 9.53. The molecule has 3 rings (SSSR count). The van der Waals surface area contributed by atoms with Gasteiger partial charge in [0.2, 0.25) is 0 Å². The summed E-state index contributed by atoms with van der Waals surface area (Å²) >= 11 is 0. The van der Waals surface area contributed by atoms with Crippen molar-refractivity contribution in [2.45, 2.75) is 6.92 Å². The molecule has 1 heteroatoms. The van der Waals surface area contributed by atoms with Crippen molar-refractivity contribution >= 4 is 23.1 Å². The van der Waals surface area contributed by atoms with E-state index in [2.05, 4.69) is 91.6 Å². The normalized spacial score (nSPS) is 12.9. The van der Waals surface area contributed by atoms with E-state index in [1.54, 1.807) is 6.08 Å². The summed E-state index contributed by atoms with van der Waals surface area (Å²) in [5.41, 5.74) is 5.96. The van der Waals surface area contributed by atoms with Gasteiger partial charge in [-0.15, -0.1) is 0 Å². The van der Waals surface area contributed by atoms with Crippen molar-refractivity contribution in [1.29, 1.82) is 0 Å². The van der Waals surface area contributed by atoms with Crippen LogP contribution in [0, 0.1) is 0 Å². The Morgan fingerprint density at radius 3 is 2.40 bits per heavy atom. The van der Waals surface area contributed by atoms with Crippen molar-refractivity contribution < 1.29 is 0 Å². The fourth-order valence-electron chi connectivity index (χ4n) is 3.69. The van der Waals surface area contributed by atoms with Crippen LogP contribution in [0.2, 0.25) is 0 Å². The van der Waals surface area contributed by atoms with Gasteiger partial charge >= 0.3 is 0 Å². The molecule has 0 aliphatic heterocycles. The van der Waals surface area contributed by atoms with Gasteiger partial charge in [-0.25, -0.2) is 0 Å². The topological polar surface area (TPSA) is 12.4 Å². The fraction of sp³-hybridized carbons (Fsp3) is 0.0294. The van der Waals surface area contributed by atoms with E-state index in [9.17, 15) is 0 Å². The van der Waals surface area contributed by atoms with E-state index < -0.39 is 0 Å². The predicted octanol–water partition coefficient (Wildman–Crippen LogP) is 9.46. The highest BCUT2D eigenvalue weighted by Crippen LogP contribution is 2.31. The molecule has 0 bridgehead atoms. The van der Waals surface area contributed by atoms with Gasteiger partial charge < -0.3 is 0 Å². The maximum absolute atomic E-state index is 4.34. The highest BCUT2D eigenvalue weighted by atomic mass is 14.7. The smallest absolute Gasteiger partial charge is 0.0700 e. The summed E-state index contributed by atoms with van der Waals surface area (Å²) in [5, 5.41) is 2.46. The van der Waals surface area contributed by atoms with Gasteiger partial charge in [0.15, 0.2) is 0 Å². The van der Waals surface area contributed by atoms with Crippen LogP contribution in [0.4, 0.5) is 0 Å². The molecule has 0 unspecified atom stereocenters. The second kappa shape index (κ2) is 13.3. The largest absolute Gasteiger partial charge is 0.264 e. The van der Waals surface area contributed by atoms with Crippen molar-refractivity contribution in [2.75, 3.05) is 0 Å². The third-order valence-corrected chi connectivity index (χ3v) is 5.44. The SMILES string of the molecule is C=C/C=C\C=C/C=C(\C=C\C=C\C)C(=C/C(=C)c1cccc(-c2cccc3ccccc23)c1)/N=C. The lowest BCUT2D eigenvalue weighted by Crippen LogP contribution is -1.88. The van der Waals surface area contributed by atoms with E-state index in [0.717, 1.165) is 28.0 Å². The van der Waals surface area contributed by atoms with Gasteiger partial charge in [-0.05, 0) is 58.8 Å². The second-order valence-corrected chi connectivity index (χ2v) is 7.83. The molecular weight excluding hydrogens is 422 g/mol. The van der Waals surface area contributed by atoms with Crippen LogP contribution < -0.4 is 0 Å². The van der Waals surface area contributed by atoms with Crippen molar-refractivity contribution in [1.82, 2.24) is 0 Å². The molecule has 0 amide bonds. The molecule has 172 valence electrons. The van der Waals surface area contributed by atoms with Crippen LogP contribution in [0.3, 0.4) is 0 Å². The number of allylic oxidation sites excluding steroid dienone is 12. The molecule has 3 aromatic rings. The van der Waals surface area contributed by atoms with Gasteiger partial charge in [-0.2, -0.15) is 0 Å². The van der Waals surface area contributed by atoms with Crippen LogP contribution in [-0.4, -0.2) is 6.72 Å². The van der Waals surface area contributed by atoms with E-state index in [-0.39, 0.29) is 0 Å². The summed E-state index contributed by atoms with van der Waals surface area (Å²) in [6.45, 7) is 13.8. The number of fused-ring (bicyclic) bond motifs is 1. The minimum absolute atomic E-state index is 0.753. The Morgan fingerprint density at radius 1 is 0.829 bits per heavy atom. The number of rotatable bonds is 10. The quantitative estimate of drug-likeness (QED) is 0.214. The molecule has 0 radical (unpaired) electrons. The zero-order valence-corrected chi connectivity index (χ0v) is 20.3. The van der Waals surface area contributed by atoms with Crippen LogP contribution in [0.1, 0.15) is 12.5 Å². The van der Waals surface area contributed by atoms with Gasteiger partial charge in [-0.3, -0.25) is 4.99 Å². The van der Waals surface area contributed by atoms with Crippen LogP contribution in [-0.2, 0) is 0 Å². The number of benzene rings is 3. The molecule has 35 heavy (non-hydrogen) atoms. The summed E-state index contributed by atoms with van der Waals surface area (Å²) in [7, 11) is 0. The third-order valence-electron chi connectivity index (χ3n) is 5.44. The van der Waals surface area contributed by atoms with Gasteiger partial charge in [0.1, 0.15) is 0 Å². The van der Waals surface area contributed by atoms with Crippen molar-refractivity contribution in [3.8, 4) is 11.1 Å². The zero-order valence-electron chi connectivity index (χ0n) is 20.3. The first kappa shape index (κ1) is 25.1. The molecular formula is C34H31N. The Hall–Kier alpha value is -4.49. The van der Waals surface area contributed by atoms with Crippen molar-refractivity contribution in [2.24, 2.45) is 4.99 Å². The first-order valence-electron chi connectivity index (χ1n) is 11.6. The molecule has 0 aromatic heterocycles. The molecule has 0 saturated carbocycles. The van der Waals surface area contributed by atoms with Crippen molar-refractivity contribution in [3.05, 3.63) is 164 Å². The number of hydrogen-bond acceptors (Lipinski definition) is 1. The summed E-state index contributed by atoms with van der Waals surface area (Å²) in [6, 6.07) is 23.3. The molecule has 1 nitrogen and oxygen atoms in total. The van der Waals surface area contributed by atoms with Gasteiger partial charge in [0.25, 0.3) is 0 Å². The number of aliphatic imine (C=N–C) groups is 1. The van der Waals surface area contributed by atoms with E-state index in [1.807, 2.05) is 67.7 Å². The molecule has 0 spiro atoms.